The van der Waals surface area contributed by atoms with Crippen LogP contribution in [0.3, 0.4) is 0 Å². The minimum absolute atomic E-state index is 0.188. The third kappa shape index (κ3) is 4.18. The van der Waals surface area contributed by atoms with Gasteiger partial charge < -0.3 is 11.1 Å². The number of nitrogens with one attached hydrogen (secondary N) is 1. The molecule has 2 unspecified atom stereocenters. The molecule has 2 heterocycles. The van der Waals surface area contributed by atoms with Gasteiger partial charge in [0, 0.05) is 43.2 Å². The van der Waals surface area contributed by atoms with Crippen LogP contribution < -0.4 is 11.1 Å². The van der Waals surface area contributed by atoms with Gasteiger partial charge in [-0.2, -0.15) is 0 Å². The molecule has 112 valence electrons. The van der Waals surface area contributed by atoms with Crippen LogP contribution in [0.5, 0.6) is 0 Å². The standard InChI is InChI=1S/C14H24N4OS/c1-3-4-13(19)17-12-5-6-18(8-10(12)2)9-11-7-16-14(15)20-11/h7,10,12H,3-6,8-9H2,1-2H3,(H2,15,16)(H,17,19). The summed E-state index contributed by atoms with van der Waals surface area (Å²) in [5, 5.41) is 3.80. The van der Waals surface area contributed by atoms with Crippen molar-refractivity contribution < 1.29 is 4.79 Å². The molecular formula is C14H24N4OS. The van der Waals surface area contributed by atoms with Gasteiger partial charge in [0.25, 0.3) is 0 Å². The Labute approximate surface area is 124 Å². The first-order valence-electron chi connectivity index (χ1n) is 7.30. The van der Waals surface area contributed by atoms with Gasteiger partial charge in [0.15, 0.2) is 5.13 Å². The number of amides is 1. The van der Waals surface area contributed by atoms with E-state index in [2.05, 4.69) is 22.1 Å². The topological polar surface area (TPSA) is 71.2 Å². The summed E-state index contributed by atoms with van der Waals surface area (Å²) in [4.78, 5) is 19.4. The number of rotatable bonds is 5. The number of piperidine rings is 1. The number of nitrogens with zero attached hydrogens (tertiary/aromatic N) is 2. The highest BCUT2D eigenvalue weighted by Gasteiger charge is 2.27. The van der Waals surface area contributed by atoms with Crippen molar-refractivity contribution in [3.05, 3.63) is 11.1 Å². The van der Waals surface area contributed by atoms with E-state index in [1.165, 1.54) is 4.88 Å². The molecule has 3 N–H and O–H groups in total. The van der Waals surface area contributed by atoms with Gasteiger partial charge in [0.05, 0.1) is 0 Å². The summed E-state index contributed by atoms with van der Waals surface area (Å²) in [5.74, 6) is 0.669. The number of carbonyl (C=O) groups is 1. The van der Waals surface area contributed by atoms with Crippen LogP contribution in [-0.4, -0.2) is 34.9 Å². The maximum absolute atomic E-state index is 11.7. The first-order valence-corrected chi connectivity index (χ1v) is 8.12. The lowest BCUT2D eigenvalue weighted by Crippen LogP contribution is -2.49. The van der Waals surface area contributed by atoms with E-state index < -0.39 is 0 Å². The second kappa shape index (κ2) is 7.04. The predicted octanol–water partition coefficient (Wildman–Crippen LogP) is 1.85. The van der Waals surface area contributed by atoms with Crippen molar-refractivity contribution in [1.82, 2.24) is 15.2 Å². The molecule has 20 heavy (non-hydrogen) atoms. The van der Waals surface area contributed by atoms with E-state index in [4.69, 9.17) is 5.73 Å². The lowest BCUT2D eigenvalue weighted by Gasteiger charge is -2.37. The lowest BCUT2D eigenvalue weighted by molar-refractivity contribution is -0.122. The van der Waals surface area contributed by atoms with Crippen LogP contribution in [0.2, 0.25) is 0 Å². The average molecular weight is 296 g/mol. The van der Waals surface area contributed by atoms with Crippen molar-refractivity contribution in [1.29, 1.82) is 0 Å². The summed E-state index contributed by atoms with van der Waals surface area (Å²) in [7, 11) is 0. The van der Waals surface area contributed by atoms with E-state index in [1.54, 1.807) is 11.3 Å². The Morgan fingerprint density at radius 1 is 1.65 bits per heavy atom. The Morgan fingerprint density at radius 2 is 2.45 bits per heavy atom. The third-order valence-electron chi connectivity index (χ3n) is 3.76. The molecule has 1 aromatic rings. The molecule has 0 spiro atoms. The molecule has 1 aliphatic heterocycles. The fourth-order valence-electron chi connectivity index (χ4n) is 2.71. The summed E-state index contributed by atoms with van der Waals surface area (Å²) in [6, 6.07) is 0.317. The zero-order valence-corrected chi connectivity index (χ0v) is 13.1. The summed E-state index contributed by atoms with van der Waals surface area (Å²) in [6.07, 6.45) is 4.42. The van der Waals surface area contributed by atoms with E-state index in [9.17, 15) is 4.79 Å². The minimum atomic E-state index is 0.188. The molecule has 0 bridgehead atoms. The van der Waals surface area contributed by atoms with Crippen LogP contribution in [0.25, 0.3) is 0 Å². The van der Waals surface area contributed by atoms with E-state index in [-0.39, 0.29) is 5.91 Å². The Morgan fingerprint density at radius 3 is 3.05 bits per heavy atom. The predicted molar refractivity (Wildman–Crippen MR) is 82.4 cm³/mol. The van der Waals surface area contributed by atoms with Crippen molar-refractivity contribution in [2.45, 2.75) is 45.7 Å². The molecule has 1 saturated heterocycles. The zero-order chi connectivity index (χ0) is 14.5. The fraction of sp³-hybridized carbons (Fsp3) is 0.714. The van der Waals surface area contributed by atoms with E-state index in [1.807, 2.05) is 13.1 Å². The maximum atomic E-state index is 11.7. The van der Waals surface area contributed by atoms with Crippen LogP contribution in [-0.2, 0) is 11.3 Å². The monoisotopic (exact) mass is 296 g/mol. The van der Waals surface area contributed by atoms with Gasteiger partial charge in [-0.15, -0.1) is 11.3 Å². The smallest absolute Gasteiger partial charge is 0.220 e. The molecule has 1 aromatic heterocycles. The quantitative estimate of drug-likeness (QED) is 0.870. The van der Waals surface area contributed by atoms with Crippen molar-refractivity contribution in [3.63, 3.8) is 0 Å². The van der Waals surface area contributed by atoms with E-state index >= 15 is 0 Å². The molecule has 0 aromatic carbocycles. The molecule has 0 aliphatic carbocycles. The van der Waals surface area contributed by atoms with Gasteiger partial charge >= 0.3 is 0 Å². The third-order valence-corrected chi connectivity index (χ3v) is 4.57. The minimum Gasteiger partial charge on any atom is -0.375 e. The van der Waals surface area contributed by atoms with Gasteiger partial charge in [-0.25, -0.2) is 4.98 Å². The molecule has 2 rings (SSSR count). The second-order valence-corrected chi connectivity index (χ2v) is 6.74. The number of aromatic nitrogens is 1. The highest BCUT2D eigenvalue weighted by Crippen LogP contribution is 2.22. The number of anilines is 1. The highest BCUT2D eigenvalue weighted by atomic mass is 32.1. The molecule has 6 heteroatoms. The lowest BCUT2D eigenvalue weighted by atomic mass is 9.93. The number of likely N-dealkylation sites (tertiary alicyclic amines) is 1. The Bertz CT molecular complexity index is 448. The molecule has 0 saturated carbocycles. The average Bonchev–Trinajstić information content (AvgIpc) is 2.78. The number of hydrogen-bond acceptors (Lipinski definition) is 5. The largest absolute Gasteiger partial charge is 0.375 e. The highest BCUT2D eigenvalue weighted by molar-refractivity contribution is 7.15. The van der Waals surface area contributed by atoms with Crippen LogP contribution in [0, 0.1) is 5.92 Å². The van der Waals surface area contributed by atoms with Crippen LogP contribution in [0.15, 0.2) is 6.20 Å². The van der Waals surface area contributed by atoms with Gasteiger partial charge in [-0.1, -0.05) is 13.8 Å². The Kier molecular flexibility index (Phi) is 5.37. The van der Waals surface area contributed by atoms with Gasteiger partial charge in [0.1, 0.15) is 0 Å². The molecule has 1 amide bonds. The Balaban J connectivity index is 1.81. The van der Waals surface area contributed by atoms with E-state index in [0.717, 1.165) is 32.5 Å². The molecular weight excluding hydrogens is 272 g/mol. The van der Waals surface area contributed by atoms with Crippen molar-refractivity contribution >= 4 is 22.4 Å². The number of nitrogens with two attached hydrogens (primary N) is 1. The molecule has 0 radical (unpaired) electrons. The molecule has 2 atom stereocenters. The van der Waals surface area contributed by atoms with Crippen LogP contribution in [0.4, 0.5) is 5.13 Å². The number of nitrogen functional groups attached to an aromatic ring is 1. The molecule has 1 fully saturated rings. The first-order chi connectivity index (χ1) is 9.58. The second-order valence-electron chi connectivity index (χ2n) is 5.59. The van der Waals surface area contributed by atoms with Gasteiger partial charge in [-0.05, 0) is 18.8 Å². The fourth-order valence-corrected chi connectivity index (χ4v) is 3.44. The maximum Gasteiger partial charge on any atom is 0.220 e. The summed E-state index contributed by atoms with van der Waals surface area (Å²) >= 11 is 1.56. The van der Waals surface area contributed by atoms with Gasteiger partial charge in [0.2, 0.25) is 5.91 Å². The summed E-state index contributed by atoms with van der Waals surface area (Å²) in [5.41, 5.74) is 5.66. The number of hydrogen-bond donors (Lipinski definition) is 2. The molecule has 1 aliphatic rings. The Hall–Kier alpha value is -1.14. The summed E-state index contributed by atoms with van der Waals surface area (Å²) in [6.45, 7) is 7.18. The van der Waals surface area contributed by atoms with Gasteiger partial charge in [-0.3, -0.25) is 9.69 Å². The zero-order valence-electron chi connectivity index (χ0n) is 12.3. The van der Waals surface area contributed by atoms with Crippen LogP contribution >= 0.6 is 11.3 Å². The van der Waals surface area contributed by atoms with Crippen LogP contribution in [0.1, 0.15) is 38.0 Å². The first kappa shape index (κ1) is 15.3. The van der Waals surface area contributed by atoms with Crippen molar-refractivity contribution in [3.8, 4) is 0 Å². The number of thiazole rings is 1. The summed E-state index contributed by atoms with van der Waals surface area (Å²) < 4.78 is 0. The van der Waals surface area contributed by atoms with Crippen molar-refractivity contribution in [2.24, 2.45) is 5.92 Å². The van der Waals surface area contributed by atoms with Crippen molar-refractivity contribution in [2.75, 3.05) is 18.8 Å². The van der Waals surface area contributed by atoms with E-state index in [0.29, 0.717) is 23.5 Å². The normalized spacial score (nSPS) is 23.7. The molecule has 5 nitrogen and oxygen atoms in total. The SMILES string of the molecule is CCCC(=O)NC1CCN(Cc2cnc(N)s2)CC1C. The number of carbonyl (C=O) groups excluding carboxylic acids is 1.